The minimum atomic E-state index is 0.561. The third-order valence-corrected chi connectivity index (χ3v) is 6.09. The van der Waals surface area contributed by atoms with E-state index < -0.39 is 0 Å². The highest BCUT2D eigenvalue weighted by Gasteiger charge is 2.30. The molecule has 2 aliphatic rings. The standard InChI is InChI=1S/C19H27NS/c1-2-20-19(15-10-6-4-3-5-7-11-15)18-14-16-12-8-9-13-17(16)21-18/h8-10,12-13,18-20H,2-7,11,14H2,1H3/b15-10+. The van der Waals surface area contributed by atoms with Crippen LogP contribution in [0.15, 0.2) is 40.8 Å². The van der Waals surface area contributed by atoms with Crippen molar-refractivity contribution in [3.63, 3.8) is 0 Å². The summed E-state index contributed by atoms with van der Waals surface area (Å²) < 4.78 is 0. The van der Waals surface area contributed by atoms with Crippen LogP contribution in [-0.2, 0) is 6.42 Å². The molecule has 1 N–H and O–H groups in total. The molecular weight excluding hydrogens is 274 g/mol. The topological polar surface area (TPSA) is 12.0 Å². The van der Waals surface area contributed by atoms with Crippen LogP contribution in [0.2, 0.25) is 0 Å². The normalized spacial score (nSPS) is 26.3. The highest BCUT2D eigenvalue weighted by Crippen LogP contribution is 2.40. The first-order valence-electron chi connectivity index (χ1n) is 8.55. The molecule has 1 aliphatic heterocycles. The van der Waals surface area contributed by atoms with Crippen molar-refractivity contribution in [3.05, 3.63) is 41.5 Å². The predicted molar refractivity (Wildman–Crippen MR) is 93.0 cm³/mol. The average Bonchev–Trinajstić information content (AvgIpc) is 2.89. The zero-order valence-corrected chi connectivity index (χ0v) is 13.9. The molecule has 1 aromatic rings. The zero-order chi connectivity index (χ0) is 14.5. The van der Waals surface area contributed by atoms with E-state index in [-0.39, 0.29) is 0 Å². The molecule has 1 heterocycles. The number of hydrogen-bond acceptors (Lipinski definition) is 2. The quantitative estimate of drug-likeness (QED) is 0.789. The second-order valence-corrected chi connectivity index (χ2v) is 7.52. The molecule has 0 saturated heterocycles. The summed E-state index contributed by atoms with van der Waals surface area (Å²) in [6.45, 7) is 3.30. The van der Waals surface area contributed by atoms with Crippen LogP contribution < -0.4 is 5.32 Å². The molecule has 0 amide bonds. The van der Waals surface area contributed by atoms with Crippen LogP contribution in [-0.4, -0.2) is 17.8 Å². The van der Waals surface area contributed by atoms with Gasteiger partial charge in [-0.25, -0.2) is 0 Å². The third-order valence-electron chi connectivity index (χ3n) is 4.69. The van der Waals surface area contributed by atoms with Crippen molar-refractivity contribution in [2.75, 3.05) is 6.54 Å². The fourth-order valence-electron chi connectivity index (χ4n) is 3.62. The molecule has 1 aliphatic carbocycles. The molecule has 114 valence electrons. The molecule has 21 heavy (non-hydrogen) atoms. The van der Waals surface area contributed by atoms with Gasteiger partial charge in [-0.1, -0.05) is 49.6 Å². The Hall–Kier alpha value is -0.730. The third kappa shape index (κ3) is 3.73. The van der Waals surface area contributed by atoms with Crippen molar-refractivity contribution in [1.29, 1.82) is 0 Å². The molecule has 1 aromatic carbocycles. The van der Waals surface area contributed by atoms with Crippen molar-refractivity contribution in [2.24, 2.45) is 0 Å². The molecule has 2 heteroatoms. The van der Waals surface area contributed by atoms with Crippen LogP contribution in [0.25, 0.3) is 0 Å². The van der Waals surface area contributed by atoms with Gasteiger partial charge in [0.25, 0.3) is 0 Å². The molecule has 3 rings (SSSR count). The van der Waals surface area contributed by atoms with Gasteiger partial charge in [0.2, 0.25) is 0 Å². The van der Waals surface area contributed by atoms with E-state index in [0.717, 1.165) is 6.54 Å². The van der Waals surface area contributed by atoms with Crippen LogP contribution in [0.5, 0.6) is 0 Å². The number of hydrogen-bond donors (Lipinski definition) is 1. The Morgan fingerprint density at radius 3 is 2.90 bits per heavy atom. The maximum Gasteiger partial charge on any atom is 0.0406 e. The zero-order valence-electron chi connectivity index (χ0n) is 13.1. The van der Waals surface area contributed by atoms with Crippen LogP contribution in [0.4, 0.5) is 0 Å². The summed E-state index contributed by atoms with van der Waals surface area (Å²) in [5, 5.41) is 4.46. The van der Waals surface area contributed by atoms with Crippen LogP contribution in [0.1, 0.15) is 51.0 Å². The Morgan fingerprint density at radius 2 is 2.05 bits per heavy atom. The molecule has 0 bridgehead atoms. The van der Waals surface area contributed by atoms with Crippen LogP contribution >= 0.6 is 11.8 Å². The molecule has 0 spiro atoms. The van der Waals surface area contributed by atoms with Crippen molar-refractivity contribution in [3.8, 4) is 0 Å². The highest BCUT2D eigenvalue weighted by molar-refractivity contribution is 8.00. The first-order chi connectivity index (χ1) is 10.4. The smallest absolute Gasteiger partial charge is 0.0406 e. The van der Waals surface area contributed by atoms with Gasteiger partial charge in [0.15, 0.2) is 0 Å². The molecule has 2 atom stereocenters. The van der Waals surface area contributed by atoms with Crippen molar-refractivity contribution in [2.45, 2.75) is 68.1 Å². The Balaban J connectivity index is 1.76. The molecule has 0 saturated carbocycles. The second kappa shape index (κ2) is 7.51. The summed E-state index contributed by atoms with van der Waals surface area (Å²) in [7, 11) is 0. The van der Waals surface area contributed by atoms with E-state index in [1.807, 2.05) is 0 Å². The first kappa shape index (κ1) is 15.2. The van der Waals surface area contributed by atoms with E-state index in [2.05, 4.69) is 54.3 Å². The summed E-state index contributed by atoms with van der Waals surface area (Å²) in [4.78, 5) is 1.50. The Bertz CT molecular complexity index is 469. The van der Waals surface area contributed by atoms with Crippen molar-refractivity contribution >= 4 is 11.8 Å². The number of nitrogens with one attached hydrogen (secondary N) is 1. The average molecular weight is 301 g/mol. The summed E-state index contributed by atoms with van der Waals surface area (Å²) in [6, 6.07) is 9.50. The van der Waals surface area contributed by atoms with Gasteiger partial charge in [-0.3, -0.25) is 0 Å². The Kier molecular flexibility index (Phi) is 5.43. The van der Waals surface area contributed by atoms with E-state index in [1.54, 1.807) is 11.1 Å². The largest absolute Gasteiger partial charge is 0.310 e. The van der Waals surface area contributed by atoms with Crippen LogP contribution in [0, 0.1) is 0 Å². The van der Waals surface area contributed by atoms with E-state index >= 15 is 0 Å². The molecule has 2 unspecified atom stereocenters. The summed E-state index contributed by atoms with van der Waals surface area (Å²) in [5.41, 5.74) is 3.23. The van der Waals surface area contributed by atoms with Crippen molar-refractivity contribution < 1.29 is 0 Å². The SMILES string of the molecule is CCNC(/C1=C/CCCCCC1)C1Cc2ccccc2S1. The van der Waals surface area contributed by atoms with Gasteiger partial charge in [0.05, 0.1) is 0 Å². The molecule has 0 aromatic heterocycles. The van der Waals surface area contributed by atoms with Crippen LogP contribution in [0.3, 0.4) is 0 Å². The Morgan fingerprint density at radius 1 is 1.19 bits per heavy atom. The monoisotopic (exact) mass is 301 g/mol. The second-order valence-electron chi connectivity index (χ2n) is 6.24. The lowest BCUT2D eigenvalue weighted by atomic mass is 9.91. The Labute approximate surface area is 133 Å². The molecular formula is C19H27NS. The number of fused-ring (bicyclic) bond motifs is 1. The highest BCUT2D eigenvalue weighted by atomic mass is 32.2. The van der Waals surface area contributed by atoms with Crippen molar-refractivity contribution in [1.82, 2.24) is 5.32 Å². The van der Waals surface area contributed by atoms with E-state index in [9.17, 15) is 0 Å². The van der Waals surface area contributed by atoms with Gasteiger partial charge in [-0.15, -0.1) is 11.8 Å². The van der Waals surface area contributed by atoms with Gasteiger partial charge >= 0.3 is 0 Å². The van der Waals surface area contributed by atoms with Gasteiger partial charge in [-0.2, -0.15) is 0 Å². The maximum absolute atomic E-state index is 3.79. The number of benzene rings is 1. The lowest BCUT2D eigenvalue weighted by molar-refractivity contribution is 0.524. The lowest BCUT2D eigenvalue weighted by Crippen LogP contribution is -2.39. The number of thioether (sulfide) groups is 1. The number of likely N-dealkylation sites (N-methyl/N-ethyl adjacent to an activating group) is 1. The minimum Gasteiger partial charge on any atom is -0.310 e. The molecule has 0 fully saturated rings. The summed E-state index contributed by atoms with van der Waals surface area (Å²) in [6.07, 6.45) is 11.9. The fraction of sp³-hybridized carbons (Fsp3) is 0.579. The summed E-state index contributed by atoms with van der Waals surface area (Å²) >= 11 is 2.09. The van der Waals surface area contributed by atoms with E-state index in [4.69, 9.17) is 0 Å². The number of allylic oxidation sites excluding steroid dienone is 1. The fourth-order valence-corrected chi connectivity index (χ4v) is 5.07. The molecule has 0 radical (unpaired) electrons. The lowest BCUT2D eigenvalue weighted by Gasteiger charge is -2.28. The first-order valence-corrected chi connectivity index (χ1v) is 9.43. The molecule has 1 nitrogen and oxygen atoms in total. The van der Waals surface area contributed by atoms with Gasteiger partial charge in [-0.05, 0) is 50.3 Å². The summed E-state index contributed by atoms with van der Waals surface area (Å²) in [5.74, 6) is 0. The van der Waals surface area contributed by atoms with E-state index in [1.165, 1.54) is 49.8 Å². The van der Waals surface area contributed by atoms with E-state index in [0.29, 0.717) is 11.3 Å². The van der Waals surface area contributed by atoms with Gasteiger partial charge in [0, 0.05) is 16.2 Å². The number of rotatable bonds is 4. The predicted octanol–water partition coefficient (Wildman–Crippen LogP) is 4.96. The van der Waals surface area contributed by atoms with Gasteiger partial charge < -0.3 is 5.32 Å². The van der Waals surface area contributed by atoms with Gasteiger partial charge in [0.1, 0.15) is 0 Å². The maximum atomic E-state index is 3.79. The minimum absolute atomic E-state index is 0.561.